The predicted molar refractivity (Wildman–Crippen MR) is 69.5 cm³/mol. The van der Waals surface area contributed by atoms with Crippen LogP contribution >= 0.6 is 31.9 Å². The van der Waals surface area contributed by atoms with Crippen molar-refractivity contribution >= 4 is 36.7 Å². The maximum atomic E-state index is 10.8. The number of hydrogen-bond acceptors (Lipinski definition) is 1. The summed E-state index contributed by atoms with van der Waals surface area (Å²) in [6, 6.07) is 8.04. The van der Waals surface area contributed by atoms with Crippen LogP contribution < -0.4 is 5.32 Å². The van der Waals surface area contributed by atoms with Gasteiger partial charge in [-0.25, -0.2) is 0 Å². The van der Waals surface area contributed by atoms with E-state index in [1.165, 1.54) is 5.56 Å². The van der Waals surface area contributed by atoms with E-state index in [2.05, 4.69) is 57.1 Å². The third kappa shape index (κ3) is 3.61. The van der Waals surface area contributed by atoms with Gasteiger partial charge in [-0.05, 0) is 11.6 Å². The van der Waals surface area contributed by atoms with Crippen molar-refractivity contribution in [1.29, 1.82) is 0 Å². The fraction of sp³-hybridized carbons (Fsp3) is 0.364. The summed E-state index contributed by atoms with van der Waals surface area (Å²) in [6.45, 7) is 4.78. The van der Waals surface area contributed by atoms with Gasteiger partial charge in [-0.3, -0.25) is 4.79 Å². The molecule has 82 valence electrons. The predicted octanol–water partition coefficient (Wildman–Crippen LogP) is 3.83. The molecule has 0 aliphatic carbocycles. The van der Waals surface area contributed by atoms with Crippen LogP contribution in [0.15, 0.2) is 28.7 Å². The van der Waals surface area contributed by atoms with Gasteiger partial charge in [0.05, 0.1) is 0 Å². The summed E-state index contributed by atoms with van der Waals surface area (Å²) in [6.07, 6.45) is 0. The van der Waals surface area contributed by atoms with Crippen molar-refractivity contribution in [3.8, 4) is 0 Å². The van der Waals surface area contributed by atoms with Crippen LogP contribution in [0.4, 0.5) is 4.79 Å². The minimum atomic E-state index is -0.178. The quantitative estimate of drug-likeness (QED) is 0.660. The van der Waals surface area contributed by atoms with Crippen LogP contribution in [0.3, 0.4) is 0 Å². The number of carbonyl (C=O) groups excluding carboxylic acids is 1. The number of carbonyl (C=O) groups is 1. The van der Waals surface area contributed by atoms with Gasteiger partial charge < -0.3 is 5.32 Å². The molecule has 0 saturated heterocycles. The van der Waals surface area contributed by atoms with Gasteiger partial charge in [0.25, 0.3) is 4.82 Å². The van der Waals surface area contributed by atoms with E-state index in [0.717, 1.165) is 4.47 Å². The summed E-state index contributed by atoms with van der Waals surface area (Å²) in [7, 11) is 0. The van der Waals surface area contributed by atoms with E-state index in [1.54, 1.807) is 0 Å². The molecule has 0 atom stereocenters. The first-order valence-corrected chi connectivity index (χ1v) is 6.20. The van der Waals surface area contributed by atoms with Crippen LogP contribution in [-0.4, -0.2) is 11.4 Å². The number of hydrogen-bond donors (Lipinski definition) is 1. The first kappa shape index (κ1) is 12.7. The fourth-order valence-electron chi connectivity index (χ4n) is 1.40. The molecule has 1 amide bonds. The van der Waals surface area contributed by atoms with Gasteiger partial charge in [-0.1, -0.05) is 48.0 Å². The Hall–Kier alpha value is -0.350. The molecule has 0 radical (unpaired) electrons. The van der Waals surface area contributed by atoms with E-state index < -0.39 is 0 Å². The second-order valence-corrected chi connectivity index (χ2v) is 5.57. The zero-order chi connectivity index (χ0) is 11.5. The third-order valence-corrected chi connectivity index (χ3v) is 3.24. The van der Waals surface area contributed by atoms with Crippen molar-refractivity contribution in [3.05, 3.63) is 34.3 Å². The van der Waals surface area contributed by atoms with Gasteiger partial charge in [0.1, 0.15) is 0 Å². The molecule has 0 unspecified atom stereocenters. The van der Waals surface area contributed by atoms with E-state index >= 15 is 0 Å². The van der Waals surface area contributed by atoms with E-state index in [0.29, 0.717) is 6.54 Å². The topological polar surface area (TPSA) is 29.1 Å². The maximum Gasteiger partial charge on any atom is 0.287 e. The Morgan fingerprint density at radius 1 is 1.40 bits per heavy atom. The lowest BCUT2D eigenvalue weighted by Crippen LogP contribution is -2.34. The lowest BCUT2D eigenvalue weighted by Gasteiger charge is -2.26. The van der Waals surface area contributed by atoms with Crippen molar-refractivity contribution in [3.63, 3.8) is 0 Å². The standard InChI is InChI=1S/C11H13Br2NO/c1-11(2,7-14-10(13)15)8-5-3-4-6-9(8)12/h3-6H,7H2,1-2H3,(H,14,15). The molecule has 0 aliphatic rings. The number of halogens is 2. The average molecular weight is 335 g/mol. The molecular weight excluding hydrogens is 322 g/mol. The SMILES string of the molecule is CC(C)(CNC(=O)Br)c1ccccc1Br. The van der Waals surface area contributed by atoms with E-state index in [1.807, 2.05) is 18.2 Å². The first-order chi connectivity index (χ1) is 6.93. The fourth-order valence-corrected chi connectivity index (χ4v) is 2.36. The molecule has 1 aromatic carbocycles. The summed E-state index contributed by atoms with van der Waals surface area (Å²) in [5.41, 5.74) is 1.09. The zero-order valence-corrected chi connectivity index (χ0v) is 11.9. The smallest absolute Gasteiger partial charge is 0.287 e. The molecule has 0 spiro atoms. The van der Waals surface area contributed by atoms with Gasteiger partial charge in [-0.2, -0.15) is 0 Å². The molecule has 4 heteroatoms. The summed E-state index contributed by atoms with van der Waals surface area (Å²) < 4.78 is 1.07. The molecule has 0 bridgehead atoms. The molecule has 0 aliphatic heterocycles. The van der Waals surface area contributed by atoms with E-state index in [4.69, 9.17) is 0 Å². The van der Waals surface area contributed by atoms with Gasteiger partial charge in [0.15, 0.2) is 0 Å². The summed E-state index contributed by atoms with van der Waals surface area (Å²) in [5, 5.41) is 2.77. The largest absolute Gasteiger partial charge is 0.346 e. The van der Waals surface area contributed by atoms with Crippen LogP contribution in [0.2, 0.25) is 0 Å². The molecule has 1 N–H and O–H groups in total. The van der Waals surface area contributed by atoms with Crippen molar-refractivity contribution in [2.24, 2.45) is 0 Å². The number of nitrogens with one attached hydrogen (secondary N) is 1. The van der Waals surface area contributed by atoms with Gasteiger partial charge in [0, 0.05) is 32.4 Å². The number of amides is 1. The molecule has 15 heavy (non-hydrogen) atoms. The Bertz CT molecular complexity index is 363. The molecule has 0 fully saturated rings. The maximum absolute atomic E-state index is 10.8. The third-order valence-electron chi connectivity index (χ3n) is 2.27. The lowest BCUT2D eigenvalue weighted by molar-refractivity contribution is 0.259. The Labute approximate surface area is 107 Å². The molecular formula is C11H13Br2NO. The minimum Gasteiger partial charge on any atom is -0.346 e. The van der Waals surface area contributed by atoms with Crippen LogP contribution in [0.5, 0.6) is 0 Å². The zero-order valence-electron chi connectivity index (χ0n) is 8.68. The highest BCUT2D eigenvalue weighted by Gasteiger charge is 2.22. The molecule has 0 heterocycles. The van der Waals surface area contributed by atoms with Crippen LogP contribution in [0.25, 0.3) is 0 Å². The summed E-state index contributed by atoms with van der Waals surface area (Å²) in [4.78, 5) is 10.6. The lowest BCUT2D eigenvalue weighted by atomic mass is 9.85. The van der Waals surface area contributed by atoms with Crippen molar-refractivity contribution in [2.45, 2.75) is 19.3 Å². The highest BCUT2D eigenvalue weighted by molar-refractivity contribution is 9.18. The Morgan fingerprint density at radius 3 is 2.53 bits per heavy atom. The van der Waals surface area contributed by atoms with E-state index in [9.17, 15) is 4.79 Å². The van der Waals surface area contributed by atoms with Gasteiger partial charge in [0.2, 0.25) is 0 Å². The molecule has 1 aromatic rings. The van der Waals surface area contributed by atoms with Crippen LogP contribution in [-0.2, 0) is 5.41 Å². The van der Waals surface area contributed by atoms with Gasteiger partial charge in [-0.15, -0.1) is 0 Å². The summed E-state index contributed by atoms with van der Waals surface area (Å²) >= 11 is 6.37. The Kier molecular flexibility index (Phi) is 4.34. The first-order valence-electron chi connectivity index (χ1n) is 4.62. The van der Waals surface area contributed by atoms with Crippen molar-refractivity contribution < 1.29 is 4.79 Å². The number of benzene rings is 1. The van der Waals surface area contributed by atoms with E-state index in [-0.39, 0.29) is 10.2 Å². The highest BCUT2D eigenvalue weighted by Crippen LogP contribution is 2.29. The second-order valence-electron chi connectivity index (χ2n) is 3.99. The van der Waals surface area contributed by atoms with Crippen molar-refractivity contribution in [1.82, 2.24) is 5.32 Å². The molecule has 2 nitrogen and oxygen atoms in total. The Morgan fingerprint density at radius 2 is 2.00 bits per heavy atom. The summed E-state index contributed by atoms with van der Waals surface area (Å²) in [5.74, 6) is 0. The minimum absolute atomic E-state index is 0.0937. The molecule has 0 saturated carbocycles. The van der Waals surface area contributed by atoms with Gasteiger partial charge >= 0.3 is 0 Å². The normalized spacial score (nSPS) is 11.2. The number of rotatable bonds is 3. The second kappa shape index (κ2) is 5.12. The Balaban J connectivity index is 2.85. The molecule has 1 rings (SSSR count). The van der Waals surface area contributed by atoms with Crippen LogP contribution in [0, 0.1) is 0 Å². The molecule has 0 aromatic heterocycles. The average Bonchev–Trinajstić information content (AvgIpc) is 2.15. The highest BCUT2D eigenvalue weighted by atomic mass is 79.9. The monoisotopic (exact) mass is 333 g/mol. The van der Waals surface area contributed by atoms with Crippen molar-refractivity contribution in [2.75, 3.05) is 6.54 Å². The van der Waals surface area contributed by atoms with Crippen LogP contribution in [0.1, 0.15) is 19.4 Å².